The predicted octanol–water partition coefficient (Wildman–Crippen LogP) is 9.25. The number of para-hydroxylation sites is 2. The summed E-state index contributed by atoms with van der Waals surface area (Å²) in [4.78, 5) is 0. The zero-order valence-corrected chi connectivity index (χ0v) is 21.9. The molecule has 2 aliphatic carbocycles. The van der Waals surface area contributed by atoms with Crippen molar-refractivity contribution in [2.75, 3.05) is 0 Å². The second kappa shape index (κ2) is 8.55. The fraction of sp³-hybridized carbons (Fsp3) is 0.484. The Bertz CT molecular complexity index is 1290. The number of allylic oxidation sites excluding steroid dienone is 2. The lowest BCUT2D eigenvalue weighted by Crippen LogP contribution is -2.61. The summed E-state index contributed by atoms with van der Waals surface area (Å²) in [5.41, 5.74) is -6.26. The minimum Gasteiger partial charge on any atom is -0.477 e. The van der Waals surface area contributed by atoms with Crippen LogP contribution in [0.4, 0.5) is 26.3 Å². The zero-order valence-electron chi connectivity index (χ0n) is 21.9. The van der Waals surface area contributed by atoms with Crippen LogP contribution in [-0.2, 0) is 0 Å². The van der Waals surface area contributed by atoms with Gasteiger partial charge in [0.2, 0.25) is 0 Å². The molecule has 2 aromatic rings. The van der Waals surface area contributed by atoms with Crippen molar-refractivity contribution in [1.82, 2.24) is 0 Å². The number of benzene rings is 2. The van der Waals surface area contributed by atoms with Crippen LogP contribution >= 0.6 is 0 Å². The average molecular weight is 549 g/mol. The van der Waals surface area contributed by atoms with Crippen molar-refractivity contribution in [1.29, 1.82) is 0 Å². The largest absolute Gasteiger partial charge is 0.477 e. The molecule has 0 amide bonds. The molecule has 0 saturated heterocycles. The lowest BCUT2D eigenvalue weighted by molar-refractivity contribution is -0.257. The summed E-state index contributed by atoms with van der Waals surface area (Å²) in [6.07, 6.45) is 4.37. The Balaban J connectivity index is 1.78. The van der Waals surface area contributed by atoms with E-state index in [0.29, 0.717) is 12.8 Å². The van der Waals surface area contributed by atoms with Crippen molar-refractivity contribution in [3.05, 3.63) is 70.8 Å². The lowest BCUT2D eigenvalue weighted by atomic mass is 9.60. The maximum Gasteiger partial charge on any atom is 0.380 e. The molecule has 6 rings (SSSR count). The number of hydrogen-bond acceptors (Lipinski definition) is 2. The Morgan fingerprint density at radius 3 is 1.31 bits per heavy atom. The van der Waals surface area contributed by atoms with Crippen molar-refractivity contribution < 1.29 is 35.8 Å². The van der Waals surface area contributed by atoms with E-state index in [4.69, 9.17) is 9.47 Å². The molecule has 0 spiro atoms. The molecule has 2 heterocycles. The summed E-state index contributed by atoms with van der Waals surface area (Å²) in [7, 11) is 0. The third-order valence-electron chi connectivity index (χ3n) is 8.77. The quantitative estimate of drug-likeness (QED) is 0.242. The maximum atomic E-state index is 15.9. The molecule has 39 heavy (non-hydrogen) atoms. The highest BCUT2D eigenvalue weighted by molar-refractivity contribution is 6.02. The molecule has 2 aliphatic heterocycles. The fourth-order valence-corrected chi connectivity index (χ4v) is 7.07. The van der Waals surface area contributed by atoms with Gasteiger partial charge in [-0.1, -0.05) is 75.9 Å². The molecule has 8 heteroatoms. The van der Waals surface area contributed by atoms with Gasteiger partial charge < -0.3 is 9.47 Å². The first kappa shape index (κ1) is 26.3. The van der Waals surface area contributed by atoms with Gasteiger partial charge in [0, 0.05) is 33.4 Å². The van der Waals surface area contributed by atoms with Crippen LogP contribution in [0.15, 0.2) is 59.7 Å². The lowest BCUT2D eigenvalue weighted by Gasteiger charge is -2.50. The van der Waals surface area contributed by atoms with Gasteiger partial charge in [-0.25, -0.2) is 0 Å². The van der Waals surface area contributed by atoms with Crippen LogP contribution < -0.4 is 9.47 Å². The van der Waals surface area contributed by atoms with E-state index in [1.807, 2.05) is 13.8 Å². The Kier molecular flexibility index (Phi) is 5.77. The van der Waals surface area contributed by atoms with Crippen LogP contribution in [0.1, 0.15) is 76.3 Å². The van der Waals surface area contributed by atoms with Crippen LogP contribution in [-0.4, -0.2) is 29.0 Å². The summed E-state index contributed by atoms with van der Waals surface area (Å²) >= 11 is 0. The first-order valence-electron chi connectivity index (χ1n) is 13.7. The molecular weight excluding hydrogens is 518 g/mol. The van der Waals surface area contributed by atoms with Gasteiger partial charge in [0.15, 0.2) is 11.2 Å². The first-order valence-corrected chi connectivity index (χ1v) is 13.7. The van der Waals surface area contributed by atoms with E-state index in [1.54, 1.807) is 36.4 Å². The van der Waals surface area contributed by atoms with Gasteiger partial charge in [-0.15, -0.1) is 0 Å². The van der Waals surface area contributed by atoms with Crippen molar-refractivity contribution in [3.8, 4) is 11.5 Å². The monoisotopic (exact) mass is 548 g/mol. The number of alkyl halides is 6. The van der Waals surface area contributed by atoms with E-state index >= 15 is 26.3 Å². The highest BCUT2D eigenvalue weighted by Gasteiger charge is 2.86. The minimum absolute atomic E-state index is 0.142. The molecule has 0 bridgehead atoms. The number of fused-ring (bicyclic) bond motifs is 8. The second-order valence-electron chi connectivity index (χ2n) is 11.0. The number of rotatable bonds is 8. The van der Waals surface area contributed by atoms with Gasteiger partial charge in [0.25, 0.3) is 0 Å². The number of unbranched alkanes of at least 4 members (excludes halogenated alkanes) is 4. The molecular formula is C31H30F6O2. The Morgan fingerprint density at radius 1 is 0.538 bits per heavy atom. The molecule has 1 saturated carbocycles. The number of hydrogen-bond donors (Lipinski definition) is 0. The van der Waals surface area contributed by atoms with Crippen molar-refractivity contribution >= 4 is 11.1 Å². The standard InChI is InChI=1S/C31H30F6O2/c1-3-5-11-17-27-23(19-13-7-9-15-21(19)38-27)25-26(30(34,35)31(36,37)29(25,32)33)24-20-14-8-10-16-22(20)39-28(24,27)18-12-6-4-2/h7-10,13-16H,3-6,11-12,17-18H2,1-2H3/t27-,28-/m0/s1. The highest BCUT2D eigenvalue weighted by atomic mass is 19.3. The molecule has 2 atom stereocenters. The zero-order chi connectivity index (χ0) is 27.8. The Labute approximate surface area is 223 Å². The van der Waals surface area contributed by atoms with E-state index in [9.17, 15) is 0 Å². The van der Waals surface area contributed by atoms with Gasteiger partial charge >= 0.3 is 17.8 Å². The third-order valence-corrected chi connectivity index (χ3v) is 8.77. The van der Waals surface area contributed by atoms with Gasteiger partial charge in [-0.05, 0) is 37.8 Å². The summed E-state index contributed by atoms with van der Waals surface area (Å²) < 4.78 is 107. The topological polar surface area (TPSA) is 18.5 Å². The van der Waals surface area contributed by atoms with Gasteiger partial charge in [0.1, 0.15) is 11.5 Å². The van der Waals surface area contributed by atoms with Crippen molar-refractivity contribution in [2.45, 2.75) is 94.2 Å². The van der Waals surface area contributed by atoms with Gasteiger partial charge in [0.05, 0.1) is 0 Å². The summed E-state index contributed by atoms with van der Waals surface area (Å²) in [6.45, 7) is 3.97. The molecule has 0 N–H and O–H groups in total. The predicted molar refractivity (Wildman–Crippen MR) is 137 cm³/mol. The summed E-state index contributed by atoms with van der Waals surface area (Å²) in [5.74, 6) is -15.5. The van der Waals surface area contributed by atoms with Crippen LogP contribution in [0.25, 0.3) is 11.1 Å². The highest BCUT2D eigenvalue weighted by Crippen LogP contribution is 2.74. The molecule has 0 unspecified atom stereocenters. The van der Waals surface area contributed by atoms with Crippen molar-refractivity contribution in [3.63, 3.8) is 0 Å². The molecule has 2 aromatic carbocycles. The average Bonchev–Trinajstić information content (AvgIpc) is 3.45. The smallest absolute Gasteiger partial charge is 0.380 e. The number of halogens is 6. The van der Waals surface area contributed by atoms with E-state index in [-0.39, 0.29) is 46.6 Å². The molecule has 0 radical (unpaired) electrons. The Hall–Kier alpha value is -2.90. The van der Waals surface area contributed by atoms with E-state index in [0.717, 1.165) is 25.7 Å². The number of ether oxygens (including phenoxy) is 2. The molecule has 1 fully saturated rings. The fourth-order valence-electron chi connectivity index (χ4n) is 7.07. The normalized spacial score (nSPS) is 28.3. The maximum absolute atomic E-state index is 15.9. The van der Waals surface area contributed by atoms with Crippen LogP contribution in [0, 0.1) is 0 Å². The SMILES string of the molecule is CCCCC[C@]12Oc3ccccc3C1=C1C(=C3c4ccccc4O[C@@]32CCCCC)C(F)(F)C(F)(F)C1(F)F. The van der Waals surface area contributed by atoms with Gasteiger partial charge in [-0.3, -0.25) is 0 Å². The minimum atomic E-state index is -5.63. The van der Waals surface area contributed by atoms with E-state index in [1.165, 1.54) is 12.1 Å². The Morgan fingerprint density at radius 2 is 0.923 bits per heavy atom. The van der Waals surface area contributed by atoms with E-state index in [2.05, 4.69) is 0 Å². The first-order chi connectivity index (χ1) is 18.5. The van der Waals surface area contributed by atoms with Gasteiger partial charge in [-0.2, -0.15) is 26.3 Å². The van der Waals surface area contributed by atoms with Crippen LogP contribution in [0.5, 0.6) is 11.5 Å². The van der Waals surface area contributed by atoms with E-state index < -0.39 is 40.1 Å². The van der Waals surface area contributed by atoms with Crippen molar-refractivity contribution in [2.24, 2.45) is 0 Å². The molecule has 208 valence electrons. The van der Waals surface area contributed by atoms with Crippen LogP contribution in [0.3, 0.4) is 0 Å². The molecule has 4 aliphatic rings. The second-order valence-corrected chi connectivity index (χ2v) is 11.0. The molecule has 0 aromatic heterocycles. The molecule has 2 nitrogen and oxygen atoms in total. The summed E-state index contributed by atoms with van der Waals surface area (Å²) in [6, 6.07) is 12.6. The third kappa shape index (κ3) is 3.06. The van der Waals surface area contributed by atoms with Crippen LogP contribution in [0.2, 0.25) is 0 Å². The summed E-state index contributed by atoms with van der Waals surface area (Å²) in [5, 5.41) is 0.